The Labute approximate surface area is 101 Å². The predicted molar refractivity (Wildman–Crippen MR) is 50.1 cm³/mol. The molecule has 13 heavy (non-hydrogen) atoms. The molecule has 0 heterocycles. The van der Waals surface area contributed by atoms with Gasteiger partial charge in [-0.1, -0.05) is 23.9 Å². The molecule has 1 aromatic carbocycles. The second-order valence-electron chi connectivity index (χ2n) is 2.53. The van der Waals surface area contributed by atoms with Crippen molar-refractivity contribution in [3.63, 3.8) is 0 Å². The molecule has 0 aliphatic heterocycles. The Bertz CT molecular complexity index is 285. The fourth-order valence-electron chi connectivity index (χ4n) is 0.790. The Morgan fingerprint density at radius 3 is 2.23 bits per heavy atom. The maximum Gasteiger partial charge on any atom is 2.00 e. The molecule has 0 bridgehead atoms. The van der Waals surface area contributed by atoms with E-state index in [1.54, 1.807) is 12.1 Å². The van der Waals surface area contributed by atoms with Gasteiger partial charge in [0.1, 0.15) is 0 Å². The Morgan fingerprint density at radius 1 is 1.23 bits per heavy atom. The van der Waals surface area contributed by atoms with Crippen molar-refractivity contribution < 1.29 is 17.5 Å². The molecule has 0 fully saturated rings. The van der Waals surface area contributed by atoms with Gasteiger partial charge in [0.15, 0.2) is 0 Å². The molecule has 66 valence electrons. The van der Waals surface area contributed by atoms with Crippen LogP contribution >= 0.6 is 0 Å². The molecule has 0 spiro atoms. The van der Waals surface area contributed by atoms with Crippen molar-refractivity contribution in [3.05, 3.63) is 24.3 Å². The first-order valence-electron chi connectivity index (χ1n) is 3.48. The summed E-state index contributed by atoms with van der Waals surface area (Å²) in [5.74, 6) is -0.0197. The minimum absolute atomic E-state index is 0. The third kappa shape index (κ3) is 5.13. The second kappa shape index (κ2) is 7.18. The van der Waals surface area contributed by atoms with Gasteiger partial charge >= 0.3 is 23.1 Å². The van der Waals surface area contributed by atoms with Crippen molar-refractivity contribution in [1.82, 2.24) is 0 Å². The average molecular weight is 208 g/mol. The van der Waals surface area contributed by atoms with Gasteiger partial charge in [-0.15, -0.1) is 0 Å². The Hall–Kier alpha value is -0.254. The number of para-hydroxylation sites is 2. The van der Waals surface area contributed by atoms with Crippen molar-refractivity contribution >= 4 is 34.5 Å². The van der Waals surface area contributed by atoms with E-state index in [1.807, 2.05) is 19.9 Å². The molecule has 0 saturated heterocycles. The van der Waals surface area contributed by atoms with Crippen LogP contribution in [0, 0.1) is 0 Å². The Morgan fingerprint density at radius 2 is 1.77 bits per heavy atom. The predicted octanol–water partition coefficient (Wildman–Crippen LogP) is -1.50. The van der Waals surface area contributed by atoms with Crippen molar-refractivity contribution in [1.29, 1.82) is 0 Å². The van der Waals surface area contributed by atoms with Crippen LogP contribution in [0.25, 0.3) is 0 Å². The molecule has 0 aliphatic rings. The van der Waals surface area contributed by atoms with Gasteiger partial charge in [-0.2, -0.15) is 0 Å². The van der Waals surface area contributed by atoms with E-state index in [1.165, 1.54) is 6.07 Å². The minimum Gasteiger partial charge on any atom is -1.00 e. The van der Waals surface area contributed by atoms with Crippen molar-refractivity contribution in [2.24, 2.45) is 4.99 Å². The molecule has 0 aromatic heterocycles. The zero-order chi connectivity index (χ0) is 8.27. The topological polar surface area (TPSA) is 35.4 Å². The van der Waals surface area contributed by atoms with Gasteiger partial charge in [0.2, 0.25) is 0 Å². The molecular formula is C9H10ClMgNO. The zero-order valence-corrected chi connectivity index (χ0v) is 9.92. The molecule has 0 atom stereocenters. The van der Waals surface area contributed by atoms with Crippen LogP contribution in [0.3, 0.4) is 0 Å². The standard InChI is InChI=1S/C9H11NO.ClH.Mg/c1-7(2)10-8-5-3-4-6-9(8)11;;/h3-6,11H,1-2H3;1H;/q;;+2/p-2. The number of hydrogen-bond acceptors (Lipinski definition) is 2. The summed E-state index contributed by atoms with van der Waals surface area (Å²) in [5.41, 5.74) is 1.42. The van der Waals surface area contributed by atoms with Gasteiger partial charge in [-0.25, -0.2) is 0 Å². The van der Waals surface area contributed by atoms with E-state index in [-0.39, 0.29) is 41.2 Å². The van der Waals surface area contributed by atoms with Crippen LogP contribution < -0.4 is 17.5 Å². The van der Waals surface area contributed by atoms with Crippen molar-refractivity contribution in [2.75, 3.05) is 0 Å². The first-order chi connectivity index (χ1) is 5.20. The molecular weight excluding hydrogens is 198 g/mol. The van der Waals surface area contributed by atoms with E-state index in [2.05, 4.69) is 4.99 Å². The molecule has 1 aromatic rings. The minimum atomic E-state index is -0.0197. The van der Waals surface area contributed by atoms with Gasteiger partial charge < -0.3 is 17.5 Å². The number of aliphatic imine (C=N–C) groups is 1. The fourth-order valence-corrected chi connectivity index (χ4v) is 0.790. The average Bonchev–Trinajstić information content (AvgIpc) is 1.93. The number of halogens is 1. The largest absolute Gasteiger partial charge is 2.00 e. The summed E-state index contributed by atoms with van der Waals surface area (Å²) in [5, 5.41) is 11.0. The summed E-state index contributed by atoms with van der Waals surface area (Å²) in [4.78, 5) is 4.06. The first kappa shape index (κ1) is 15.2. The number of hydrogen-bond donors (Lipinski definition) is 0. The van der Waals surface area contributed by atoms with Crippen LogP contribution in [0.5, 0.6) is 5.75 Å². The van der Waals surface area contributed by atoms with Gasteiger partial charge in [0.05, 0.1) is 5.69 Å². The quantitative estimate of drug-likeness (QED) is 0.408. The molecule has 4 heteroatoms. The second-order valence-corrected chi connectivity index (χ2v) is 2.53. The summed E-state index contributed by atoms with van der Waals surface area (Å²) in [6.07, 6.45) is 0. The SMILES string of the molecule is CC(C)=Nc1ccccc1[O-].[Cl-].[Mg+2]. The normalized spacial score (nSPS) is 7.85. The number of rotatable bonds is 1. The van der Waals surface area contributed by atoms with E-state index in [4.69, 9.17) is 0 Å². The zero-order valence-electron chi connectivity index (χ0n) is 7.75. The molecule has 1 rings (SSSR count). The summed E-state index contributed by atoms with van der Waals surface area (Å²) in [7, 11) is 0. The molecule has 0 saturated carbocycles. The number of benzene rings is 1. The smallest absolute Gasteiger partial charge is 1.00 e. The third-order valence-corrected chi connectivity index (χ3v) is 1.21. The molecule has 0 aliphatic carbocycles. The molecule has 2 nitrogen and oxygen atoms in total. The monoisotopic (exact) mass is 207 g/mol. The van der Waals surface area contributed by atoms with Crippen LogP contribution in [0.1, 0.15) is 13.8 Å². The molecule has 0 amide bonds. The van der Waals surface area contributed by atoms with Crippen LogP contribution in [0.4, 0.5) is 5.69 Å². The van der Waals surface area contributed by atoms with Crippen LogP contribution in [-0.4, -0.2) is 28.8 Å². The maximum atomic E-state index is 11.0. The Balaban J connectivity index is 0. The molecule has 0 radical (unpaired) electrons. The maximum absolute atomic E-state index is 11.0. The van der Waals surface area contributed by atoms with E-state index in [0.29, 0.717) is 5.69 Å². The van der Waals surface area contributed by atoms with Gasteiger partial charge in [-0.3, -0.25) is 4.99 Å². The van der Waals surface area contributed by atoms with Crippen LogP contribution in [0.2, 0.25) is 0 Å². The van der Waals surface area contributed by atoms with E-state index in [0.717, 1.165) is 5.71 Å². The van der Waals surface area contributed by atoms with Crippen LogP contribution in [-0.2, 0) is 0 Å². The summed E-state index contributed by atoms with van der Waals surface area (Å²) in [6.45, 7) is 3.74. The van der Waals surface area contributed by atoms with Crippen molar-refractivity contribution in [3.8, 4) is 5.75 Å². The van der Waals surface area contributed by atoms with Gasteiger partial charge in [0.25, 0.3) is 0 Å². The molecule has 0 N–H and O–H groups in total. The summed E-state index contributed by atoms with van der Waals surface area (Å²) < 4.78 is 0. The van der Waals surface area contributed by atoms with Crippen molar-refractivity contribution in [2.45, 2.75) is 13.8 Å². The first-order valence-corrected chi connectivity index (χ1v) is 3.48. The third-order valence-electron chi connectivity index (χ3n) is 1.21. The van der Waals surface area contributed by atoms with E-state index >= 15 is 0 Å². The summed E-state index contributed by atoms with van der Waals surface area (Å²) >= 11 is 0. The van der Waals surface area contributed by atoms with Gasteiger partial charge in [0, 0.05) is 5.71 Å². The van der Waals surface area contributed by atoms with Gasteiger partial charge in [-0.05, 0) is 19.9 Å². The Kier molecular flexibility index (Phi) is 8.41. The summed E-state index contributed by atoms with van der Waals surface area (Å²) in [6, 6.07) is 6.76. The fraction of sp³-hybridized carbons (Fsp3) is 0.222. The van der Waals surface area contributed by atoms with E-state index < -0.39 is 0 Å². The molecule has 0 unspecified atom stereocenters. The number of nitrogens with zero attached hydrogens (tertiary/aromatic N) is 1. The van der Waals surface area contributed by atoms with Crippen LogP contribution in [0.15, 0.2) is 29.3 Å². The van der Waals surface area contributed by atoms with E-state index in [9.17, 15) is 5.11 Å².